The van der Waals surface area contributed by atoms with E-state index in [1.54, 1.807) is 11.8 Å². The highest BCUT2D eigenvalue weighted by molar-refractivity contribution is 7.98. The maximum Gasteiger partial charge on any atom is 0.0541 e. The number of para-hydroxylation sites is 3. The molecule has 53 heavy (non-hydrogen) atoms. The van der Waals surface area contributed by atoms with E-state index >= 15 is 0 Å². The van der Waals surface area contributed by atoms with Crippen molar-refractivity contribution in [1.82, 2.24) is 4.57 Å². The Balaban J connectivity index is 1.04. The molecular weight excluding hydrogens is 681 g/mol. The molecule has 2 nitrogen and oxygen atoms in total. The van der Waals surface area contributed by atoms with Crippen LogP contribution in [0.25, 0.3) is 75.5 Å². The predicted molar refractivity (Wildman–Crippen MR) is 232 cm³/mol. The number of aromatic nitrogens is 1. The number of nitrogens with one attached hydrogen (secondary N) is 1. The molecule has 0 saturated carbocycles. The van der Waals surface area contributed by atoms with Gasteiger partial charge in [0.2, 0.25) is 0 Å². The van der Waals surface area contributed by atoms with Crippen LogP contribution in [0.5, 0.6) is 0 Å². The van der Waals surface area contributed by atoms with Gasteiger partial charge in [0.1, 0.15) is 0 Å². The maximum absolute atomic E-state index is 3.75. The van der Waals surface area contributed by atoms with Crippen LogP contribution in [0.2, 0.25) is 0 Å². The van der Waals surface area contributed by atoms with Crippen molar-refractivity contribution < 1.29 is 0 Å². The van der Waals surface area contributed by atoms with E-state index in [1.165, 1.54) is 86.0 Å². The van der Waals surface area contributed by atoms with Gasteiger partial charge in [0, 0.05) is 58.5 Å². The SMILES string of the molecule is CSc1ccc(-c2ccc3sc4ccc(-n5c6ccccc6c6ccccc65)cc4c3c2)cc1-c1cccc(Nc2ccccc2C2=CCCC=C2)c1. The van der Waals surface area contributed by atoms with Crippen LogP contribution in [0.4, 0.5) is 11.4 Å². The number of hydrogen-bond acceptors (Lipinski definition) is 3. The van der Waals surface area contributed by atoms with Gasteiger partial charge in [-0.25, -0.2) is 0 Å². The van der Waals surface area contributed by atoms with Crippen molar-refractivity contribution in [2.75, 3.05) is 11.6 Å². The van der Waals surface area contributed by atoms with Gasteiger partial charge in [-0.3, -0.25) is 0 Å². The standard InChI is InChI=1S/C49H36N2S2/c1-52-47-25-22-33(29-41(47)35-14-11-15-36(28-35)50-44-19-8-5-16-38(44)32-12-3-2-4-13-32)34-23-26-48-42(30-34)43-31-37(24-27-49(43)53-48)51-45-20-9-6-17-39(45)40-18-7-10-21-46(40)51/h3,5-31,50H,2,4H2,1H3. The quantitative estimate of drug-likeness (QED) is 0.165. The van der Waals surface area contributed by atoms with Gasteiger partial charge in [0.25, 0.3) is 0 Å². The van der Waals surface area contributed by atoms with E-state index in [1.807, 2.05) is 11.3 Å². The second-order valence-electron chi connectivity index (χ2n) is 13.7. The molecule has 2 heterocycles. The summed E-state index contributed by atoms with van der Waals surface area (Å²) in [5.74, 6) is 0. The van der Waals surface area contributed by atoms with Crippen molar-refractivity contribution in [2.45, 2.75) is 17.7 Å². The number of thioether (sulfide) groups is 1. The molecule has 1 aliphatic rings. The zero-order chi connectivity index (χ0) is 35.3. The Kier molecular flexibility index (Phi) is 8.01. The molecule has 0 unspecified atom stereocenters. The average Bonchev–Trinajstić information content (AvgIpc) is 3.76. The first-order valence-corrected chi connectivity index (χ1v) is 20.2. The van der Waals surface area contributed by atoms with Crippen LogP contribution < -0.4 is 5.32 Å². The summed E-state index contributed by atoms with van der Waals surface area (Å²) in [6.45, 7) is 0. The average molecular weight is 717 g/mol. The summed E-state index contributed by atoms with van der Waals surface area (Å²) in [5.41, 5.74) is 13.3. The fourth-order valence-corrected chi connectivity index (χ4v) is 9.64. The lowest BCUT2D eigenvalue weighted by Crippen LogP contribution is -1.96. The van der Waals surface area contributed by atoms with E-state index in [0.717, 1.165) is 24.2 Å². The van der Waals surface area contributed by atoms with E-state index in [4.69, 9.17) is 0 Å². The normalized spacial score (nSPS) is 13.0. The number of fused-ring (bicyclic) bond motifs is 6. The highest BCUT2D eigenvalue weighted by Gasteiger charge is 2.15. The van der Waals surface area contributed by atoms with E-state index in [0.29, 0.717) is 0 Å². The fraction of sp³-hybridized carbons (Fsp3) is 0.0612. The Morgan fingerprint density at radius 2 is 1.28 bits per heavy atom. The van der Waals surface area contributed by atoms with Gasteiger partial charge in [-0.05, 0) is 120 Å². The minimum Gasteiger partial charge on any atom is -0.355 e. The third kappa shape index (κ3) is 5.66. The Bertz CT molecular complexity index is 2870. The zero-order valence-electron chi connectivity index (χ0n) is 29.3. The molecule has 254 valence electrons. The Hall–Kier alpha value is -5.81. The Morgan fingerprint density at radius 3 is 2.08 bits per heavy atom. The summed E-state index contributed by atoms with van der Waals surface area (Å²) in [5, 5.41) is 8.91. The second-order valence-corrected chi connectivity index (χ2v) is 15.6. The van der Waals surface area contributed by atoms with Gasteiger partial charge in [-0.15, -0.1) is 23.1 Å². The number of rotatable bonds is 7. The molecule has 0 spiro atoms. The van der Waals surface area contributed by atoms with Gasteiger partial charge < -0.3 is 9.88 Å². The van der Waals surface area contributed by atoms with E-state index in [9.17, 15) is 0 Å². The number of allylic oxidation sites excluding steroid dienone is 4. The van der Waals surface area contributed by atoms with Crippen LogP contribution in [-0.4, -0.2) is 10.8 Å². The van der Waals surface area contributed by atoms with Gasteiger partial charge in [0.05, 0.1) is 11.0 Å². The van der Waals surface area contributed by atoms with Crippen LogP contribution in [0.15, 0.2) is 175 Å². The molecule has 2 aromatic heterocycles. The molecule has 0 bridgehead atoms. The molecule has 0 radical (unpaired) electrons. The molecule has 9 aromatic rings. The molecular formula is C49H36N2S2. The molecule has 4 heteroatoms. The van der Waals surface area contributed by atoms with Crippen LogP contribution >= 0.6 is 23.1 Å². The molecule has 10 rings (SSSR count). The topological polar surface area (TPSA) is 17.0 Å². The Morgan fingerprint density at radius 1 is 0.566 bits per heavy atom. The molecule has 0 amide bonds. The third-order valence-electron chi connectivity index (χ3n) is 10.5. The molecule has 0 aliphatic heterocycles. The minimum atomic E-state index is 1.08. The van der Waals surface area contributed by atoms with Crippen molar-refractivity contribution >= 4 is 82.0 Å². The molecule has 1 N–H and O–H groups in total. The summed E-state index contributed by atoms with van der Waals surface area (Å²) in [6.07, 6.45) is 11.2. The number of thiophene rings is 1. The predicted octanol–water partition coefficient (Wildman–Crippen LogP) is 14.7. The van der Waals surface area contributed by atoms with Gasteiger partial charge in [0.15, 0.2) is 0 Å². The molecule has 0 saturated heterocycles. The van der Waals surface area contributed by atoms with Crippen LogP contribution in [0.3, 0.4) is 0 Å². The maximum atomic E-state index is 3.75. The first kappa shape index (κ1) is 31.9. The summed E-state index contributed by atoms with van der Waals surface area (Å²) < 4.78 is 5.03. The highest BCUT2D eigenvalue weighted by Crippen LogP contribution is 2.41. The minimum absolute atomic E-state index is 1.08. The molecule has 7 aromatic carbocycles. The third-order valence-corrected chi connectivity index (χ3v) is 12.5. The second kappa shape index (κ2) is 13.3. The number of anilines is 2. The van der Waals surface area contributed by atoms with E-state index < -0.39 is 0 Å². The number of benzene rings is 7. The van der Waals surface area contributed by atoms with E-state index in [-0.39, 0.29) is 0 Å². The lowest BCUT2D eigenvalue weighted by Gasteiger charge is -2.16. The number of hydrogen-bond donors (Lipinski definition) is 1. The summed E-state index contributed by atoms with van der Waals surface area (Å²) in [4.78, 5) is 1.27. The van der Waals surface area contributed by atoms with Crippen molar-refractivity contribution in [3.05, 3.63) is 175 Å². The lowest BCUT2D eigenvalue weighted by atomic mass is 9.97. The van der Waals surface area contributed by atoms with E-state index in [2.05, 4.69) is 186 Å². The van der Waals surface area contributed by atoms with Crippen molar-refractivity contribution in [3.8, 4) is 27.9 Å². The van der Waals surface area contributed by atoms with Gasteiger partial charge in [-0.2, -0.15) is 0 Å². The molecule has 1 aliphatic carbocycles. The van der Waals surface area contributed by atoms with Crippen LogP contribution in [0, 0.1) is 0 Å². The highest BCUT2D eigenvalue weighted by atomic mass is 32.2. The monoisotopic (exact) mass is 716 g/mol. The lowest BCUT2D eigenvalue weighted by molar-refractivity contribution is 1.04. The first-order chi connectivity index (χ1) is 26.2. The smallest absolute Gasteiger partial charge is 0.0541 e. The van der Waals surface area contributed by atoms with Crippen molar-refractivity contribution in [3.63, 3.8) is 0 Å². The fourth-order valence-electron chi connectivity index (χ4n) is 7.97. The van der Waals surface area contributed by atoms with Gasteiger partial charge >= 0.3 is 0 Å². The first-order valence-electron chi connectivity index (χ1n) is 18.2. The molecule has 0 atom stereocenters. The summed E-state index contributed by atoms with van der Waals surface area (Å²) >= 11 is 3.67. The zero-order valence-corrected chi connectivity index (χ0v) is 31.0. The largest absolute Gasteiger partial charge is 0.355 e. The Labute approximate surface area is 317 Å². The van der Waals surface area contributed by atoms with Crippen LogP contribution in [-0.2, 0) is 0 Å². The molecule has 0 fully saturated rings. The summed E-state index contributed by atoms with van der Waals surface area (Å²) in [6, 6.07) is 55.8. The van der Waals surface area contributed by atoms with Gasteiger partial charge in [-0.1, -0.05) is 97.1 Å². The van der Waals surface area contributed by atoms with Crippen molar-refractivity contribution in [1.29, 1.82) is 0 Å². The summed E-state index contributed by atoms with van der Waals surface area (Å²) in [7, 11) is 0. The van der Waals surface area contributed by atoms with Crippen molar-refractivity contribution in [2.24, 2.45) is 0 Å². The van der Waals surface area contributed by atoms with Crippen LogP contribution in [0.1, 0.15) is 18.4 Å². The number of nitrogens with zero attached hydrogens (tertiary/aromatic N) is 1.